The molecule has 224 valence electrons. The van der Waals surface area contributed by atoms with Crippen LogP contribution in [-0.4, -0.2) is 11.6 Å². The van der Waals surface area contributed by atoms with E-state index < -0.39 is 10.8 Å². The predicted molar refractivity (Wildman–Crippen MR) is 188 cm³/mol. The van der Waals surface area contributed by atoms with Crippen molar-refractivity contribution in [2.75, 3.05) is 0 Å². The van der Waals surface area contributed by atoms with Gasteiger partial charge in [0.25, 0.3) is 0 Å². The standard InChI is InChI=1S/C45H32O2/c1-43(2)35-17-9-6-15-27(35)31-24-40-32(23-39(31)43)28-16-8-12-20-38(28)45(40)37-19-11-7-14-26(37)30-21-33-29(22-34(30)42(45)47)25-13-5-10-18-36(25)44(3,4)41(33)46/h5-24H,1-4H3. The van der Waals surface area contributed by atoms with Crippen LogP contribution >= 0.6 is 0 Å². The molecule has 0 bridgehead atoms. The maximum atomic E-state index is 15.7. The summed E-state index contributed by atoms with van der Waals surface area (Å²) in [5, 5.41) is 0. The molecule has 0 N–H and O–H groups in total. The number of carbonyl (C=O) groups excluding carboxylic acids is 2. The number of fused-ring (bicyclic) bond motifs is 15. The lowest BCUT2D eigenvalue weighted by Gasteiger charge is -2.39. The molecule has 47 heavy (non-hydrogen) atoms. The number of carbonyl (C=O) groups is 2. The van der Waals surface area contributed by atoms with E-state index in [1.165, 1.54) is 22.3 Å². The van der Waals surface area contributed by atoms with Gasteiger partial charge >= 0.3 is 0 Å². The Balaban J connectivity index is 1.32. The van der Waals surface area contributed by atoms with Gasteiger partial charge < -0.3 is 0 Å². The van der Waals surface area contributed by atoms with E-state index in [1.54, 1.807) is 0 Å². The summed E-state index contributed by atoms with van der Waals surface area (Å²) in [6.07, 6.45) is 0. The van der Waals surface area contributed by atoms with Gasteiger partial charge in [-0.1, -0.05) is 111 Å². The summed E-state index contributed by atoms with van der Waals surface area (Å²) in [5.74, 6) is 0.160. The van der Waals surface area contributed by atoms with Crippen LogP contribution in [0.3, 0.4) is 0 Å². The molecule has 0 aromatic heterocycles. The molecule has 6 aromatic carbocycles. The van der Waals surface area contributed by atoms with E-state index in [0.29, 0.717) is 11.1 Å². The van der Waals surface area contributed by atoms with Crippen LogP contribution < -0.4 is 0 Å². The zero-order valence-electron chi connectivity index (χ0n) is 26.9. The molecular formula is C45H32O2. The molecule has 1 atom stereocenters. The van der Waals surface area contributed by atoms with Gasteiger partial charge in [0, 0.05) is 16.5 Å². The molecule has 1 unspecified atom stereocenters. The highest BCUT2D eigenvalue weighted by Gasteiger charge is 2.55. The van der Waals surface area contributed by atoms with Crippen molar-refractivity contribution in [2.24, 2.45) is 0 Å². The molecule has 2 nitrogen and oxygen atoms in total. The normalized spacial score (nSPS) is 19.6. The van der Waals surface area contributed by atoms with Crippen LogP contribution in [0.5, 0.6) is 0 Å². The van der Waals surface area contributed by atoms with E-state index in [9.17, 15) is 4.79 Å². The van der Waals surface area contributed by atoms with Crippen LogP contribution in [0.1, 0.15) is 81.8 Å². The van der Waals surface area contributed by atoms with Gasteiger partial charge in [-0.3, -0.25) is 9.59 Å². The van der Waals surface area contributed by atoms with Crippen molar-refractivity contribution in [3.8, 4) is 44.5 Å². The van der Waals surface area contributed by atoms with E-state index in [4.69, 9.17) is 0 Å². The summed E-state index contributed by atoms with van der Waals surface area (Å²) in [5.41, 5.74) is 14.6. The molecule has 6 aromatic rings. The zero-order chi connectivity index (χ0) is 32.0. The summed E-state index contributed by atoms with van der Waals surface area (Å²) in [6, 6.07) is 42.5. The van der Waals surface area contributed by atoms with Crippen molar-refractivity contribution in [1.82, 2.24) is 0 Å². The Morgan fingerprint density at radius 3 is 1.28 bits per heavy atom. The summed E-state index contributed by atoms with van der Waals surface area (Å²) in [6.45, 7) is 8.63. The van der Waals surface area contributed by atoms with Crippen molar-refractivity contribution >= 4 is 11.6 Å². The molecule has 0 radical (unpaired) electrons. The second-order valence-corrected chi connectivity index (χ2v) is 14.7. The molecule has 1 spiro atoms. The fourth-order valence-corrected chi connectivity index (χ4v) is 9.52. The van der Waals surface area contributed by atoms with Gasteiger partial charge in [0.2, 0.25) is 0 Å². The summed E-state index contributed by atoms with van der Waals surface area (Å²) in [7, 11) is 0. The molecule has 4 aliphatic carbocycles. The van der Waals surface area contributed by atoms with Crippen LogP contribution in [0, 0.1) is 0 Å². The van der Waals surface area contributed by atoms with E-state index in [0.717, 1.165) is 55.6 Å². The Labute approximate surface area is 274 Å². The van der Waals surface area contributed by atoms with Gasteiger partial charge in [-0.05, 0) is 116 Å². The lowest BCUT2D eigenvalue weighted by Crippen LogP contribution is -2.40. The third-order valence-electron chi connectivity index (χ3n) is 11.8. The summed E-state index contributed by atoms with van der Waals surface area (Å²) >= 11 is 0. The first kappa shape index (κ1) is 26.8. The highest BCUT2D eigenvalue weighted by atomic mass is 16.1. The number of ketones is 2. The average Bonchev–Trinajstić information content (AvgIpc) is 3.51. The SMILES string of the molecule is CC1(C)C(=O)c2cc3c(cc2-c2ccccc21)C(=O)C1(c2ccccc2-3)c2ccccc2-c2cc3c(cc21)-c1ccccc1C3(C)C. The van der Waals surface area contributed by atoms with Gasteiger partial charge in [-0.25, -0.2) is 0 Å². The third-order valence-corrected chi connectivity index (χ3v) is 11.8. The van der Waals surface area contributed by atoms with Crippen LogP contribution in [0.4, 0.5) is 0 Å². The minimum absolute atomic E-state index is 0.0699. The van der Waals surface area contributed by atoms with Crippen molar-refractivity contribution in [3.63, 3.8) is 0 Å². The van der Waals surface area contributed by atoms with Crippen LogP contribution in [0.2, 0.25) is 0 Å². The minimum atomic E-state index is -1.02. The second-order valence-electron chi connectivity index (χ2n) is 14.7. The fourth-order valence-electron chi connectivity index (χ4n) is 9.52. The first-order valence-corrected chi connectivity index (χ1v) is 16.5. The molecule has 0 saturated carbocycles. The van der Waals surface area contributed by atoms with Crippen LogP contribution in [-0.2, 0) is 16.2 Å². The molecule has 0 fully saturated rings. The highest BCUT2D eigenvalue weighted by molar-refractivity contribution is 6.22. The molecule has 0 aliphatic heterocycles. The number of hydrogen-bond acceptors (Lipinski definition) is 2. The monoisotopic (exact) mass is 604 g/mol. The quantitative estimate of drug-likeness (QED) is 0.173. The minimum Gasteiger partial charge on any atom is -0.293 e. The van der Waals surface area contributed by atoms with Crippen LogP contribution in [0.25, 0.3) is 44.5 Å². The average molecular weight is 605 g/mol. The van der Waals surface area contributed by atoms with Crippen molar-refractivity contribution < 1.29 is 9.59 Å². The highest BCUT2D eigenvalue weighted by Crippen LogP contribution is 2.62. The van der Waals surface area contributed by atoms with Crippen LogP contribution in [0.15, 0.2) is 121 Å². The zero-order valence-corrected chi connectivity index (χ0v) is 26.9. The maximum absolute atomic E-state index is 15.7. The summed E-state index contributed by atoms with van der Waals surface area (Å²) < 4.78 is 0. The number of benzene rings is 6. The Morgan fingerprint density at radius 1 is 0.319 bits per heavy atom. The predicted octanol–water partition coefficient (Wildman–Crippen LogP) is 10.3. The van der Waals surface area contributed by atoms with Gasteiger partial charge in [0.05, 0.1) is 5.41 Å². The Morgan fingerprint density at radius 2 is 0.702 bits per heavy atom. The Bertz CT molecular complexity index is 2460. The lowest BCUT2D eigenvalue weighted by atomic mass is 9.60. The fraction of sp³-hybridized carbons (Fsp3) is 0.156. The van der Waals surface area contributed by atoms with Crippen molar-refractivity contribution in [1.29, 1.82) is 0 Å². The molecular weight excluding hydrogens is 572 g/mol. The number of Topliss-reactive ketones (excluding diaryl/α,β-unsaturated/α-hetero) is 2. The number of rotatable bonds is 0. The Kier molecular flexibility index (Phi) is 4.86. The smallest absolute Gasteiger partial charge is 0.182 e. The van der Waals surface area contributed by atoms with E-state index in [1.807, 2.05) is 44.2 Å². The molecule has 2 heteroatoms. The first-order chi connectivity index (χ1) is 22.7. The molecule has 10 rings (SSSR count). The van der Waals surface area contributed by atoms with Crippen molar-refractivity contribution in [2.45, 2.75) is 43.9 Å². The number of hydrogen-bond donors (Lipinski definition) is 0. The van der Waals surface area contributed by atoms with E-state index >= 15 is 4.79 Å². The molecule has 0 saturated heterocycles. The van der Waals surface area contributed by atoms with E-state index in [2.05, 4.69) is 105 Å². The third kappa shape index (κ3) is 2.99. The summed E-state index contributed by atoms with van der Waals surface area (Å²) in [4.78, 5) is 29.9. The Hall–Kier alpha value is -5.34. The van der Waals surface area contributed by atoms with Gasteiger partial charge in [0.1, 0.15) is 5.41 Å². The topological polar surface area (TPSA) is 34.1 Å². The molecule has 0 heterocycles. The van der Waals surface area contributed by atoms with Gasteiger partial charge in [-0.2, -0.15) is 0 Å². The largest absolute Gasteiger partial charge is 0.293 e. The lowest BCUT2D eigenvalue weighted by molar-refractivity contribution is 0.0902. The first-order valence-electron chi connectivity index (χ1n) is 16.5. The molecule has 0 amide bonds. The molecule has 4 aliphatic rings. The van der Waals surface area contributed by atoms with Gasteiger partial charge in [0.15, 0.2) is 11.6 Å². The maximum Gasteiger partial charge on any atom is 0.182 e. The van der Waals surface area contributed by atoms with Gasteiger partial charge in [-0.15, -0.1) is 0 Å². The van der Waals surface area contributed by atoms with Crippen molar-refractivity contribution in [3.05, 3.63) is 166 Å². The van der Waals surface area contributed by atoms with E-state index in [-0.39, 0.29) is 17.0 Å². The second kappa shape index (κ2) is 8.52.